The number of nitrogens with zero attached hydrogens (tertiary/aromatic N) is 2. The predicted octanol–water partition coefficient (Wildman–Crippen LogP) is 2.44. The Morgan fingerprint density at radius 1 is 1.29 bits per heavy atom. The number of piperidine rings is 1. The number of carboxylic acid groups (broad SMARTS) is 1. The summed E-state index contributed by atoms with van der Waals surface area (Å²) in [6, 6.07) is 2.48. The maximum absolute atomic E-state index is 14.0. The summed E-state index contributed by atoms with van der Waals surface area (Å²) in [5.41, 5.74) is -0.473. The van der Waals surface area contributed by atoms with Crippen molar-refractivity contribution in [3.8, 4) is 0 Å². The highest BCUT2D eigenvalue weighted by molar-refractivity contribution is 5.88. The third-order valence-electron chi connectivity index (χ3n) is 3.87. The van der Waals surface area contributed by atoms with Crippen molar-refractivity contribution in [1.82, 2.24) is 4.90 Å². The number of rotatable bonds is 4. The smallest absolute Gasteiger partial charge is 0.338 e. The van der Waals surface area contributed by atoms with Crippen LogP contribution in [0.4, 0.5) is 14.5 Å². The van der Waals surface area contributed by atoms with Crippen molar-refractivity contribution in [2.75, 3.05) is 38.6 Å². The van der Waals surface area contributed by atoms with E-state index in [0.717, 1.165) is 25.5 Å². The van der Waals surface area contributed by atoms with Crippen molar-refractivity contribution >= 4 is 11.7 Å². The molecule has 4 nitrogen and oxygen atoms in total. The van der Waals surface area contributed by atoms with E-state index in [2.05, 4.69) is 4.90 Å². The van der Waals surface area contributed by atoms with E-state index in [1.165, 1.54) is 6.07 Å². The molecule has 0 spiro atoms. The van der Waals surface area contributed by atoms with Crippen LogP contribution in [0.25, 0.3) is 0 Å². The molecule has 0 amide bonds. The van der Waals surface area contributed by atoms with Gasteiger partial charge in [-0.05, 0) is 45.0 Å². The van der Waals surface area contributed by atoms with Gasteiger partial charge in [-0.1, -0.05) is 0 Å². The summed E-state index contributed by atoms with van der Waals surface area (Å²) >= 11 is 0. The molecule has 1 saturated heterocycles. The first-order valence-corrected chi connectivity index (χ1v) is 7.01. The van der Waals surface area contributed by atoms with Gasteiger partial charge in [0, 0.05) is 19.6 Å². The van der Waals surface area contributed by atoms with Crippen LogP contribution in [0.5, 0.6) is 0 Å². The predicted molar refractivity (Wildman–Crippen MR) is 76.8 cm³/mol. The molecule has 1 N–H and O–H groups in total. The van der Waals surface area contributed by atoms with E-state index in [-0.39, 0.29) is 5.69 Å². The average molecular weight is 298 g/mol. The number of carboxylic acids is 1. The van der Waals surface area contributed by atoms with E-state index in [1.54, 1.807) is 4.90 Å². The molecule has 1 aliphatic rings. The monoisotopic (exact) mass is 298 g/mol. The van der Waals surface area contributed by atoms with Crippen molar-refractivity contribution in [1.29, 1.82) is 0 Å². The Labute approximate surface area is 123 Å². The molecule has 0 aromatic heterocycles. The third kappa shape index (κ3) is 3.50. The zero-order valence-electron chi connectivity index (χ0n) is 12.3. The largest absolute Gasteiger partial charge is 0.478 e. The van der Waals surface area contributed by atoms with E-state index < -0.39 is 23.2 Å². The van der Waals surface area contributed by atoms with Crippen molar-refractivity contribution in [2.24, 2.45) is 5.92 Å². The fourth-order valence-corrected chi connectivity index (χ4v) is 2.82. The lowest BCUT2D eigenvalue weighted by molar-refractivity contribution is 0.0690. The number of anilines is 1. The van der Waals surface area contributed by atoms with Crippen molar-refractivity contribution in [3.63, 3.8) is 0 Å². The van der Waals surface area contributed by atoms with E-state index in [1.807, 2.05) is 14.1 Å². The SMILES string of the molecule is CN(C)CC1CCN(c2ccc(C(=O)O)c(F)c2F)CC1. The minimum atomic E-state index is -1.46. The van der Waals surface area contributed by atoms with Gasteiger partial charge in [-0.15, -0.1) is 0 Å². The zero-order valence-corrected chi connectivity index (χ0v) is 12.3. The van der Waals surface area contributed by atoms with Gasteiger partial charge in [0.1, 0.15) is 0 Å². The maximum Gasteiger partial charge on any atom is 0.338 e. The molecule has 0 radical (unpaired) electrons. The lowest BCUT2D eigenvalue weighted by Gasteiger charge is -2.34. The Hall–Kier alpha value is -1.69. The number of hydrogen-bond acceptors (Lipinski definition) is 3. The van der Waals surface area contributed by atoms with Gasteiger partial charge in [0.2, 0.25) is 0 Å². The van der Waals surface area contributed by atoms with Crippen molar-refractivity contribution in [3.05, 3.63) is 29.3 Å². The van der Waals surface area contributed by atoms with Crippen LogP contribution < -0.4 is 4.90 Å². The summed E-state index contributed by atoms with van der Waals surface area (Å²) in [4.78, 5) is 14.7. The molecule has 0 unspecified atom stereocenters. The number of benzene rings is 1. The summed E-state index contributed by atoms with van der Waals surface area (Å²) < 4.78 is 27.8. The molecular weight excluding hydrogens is 278 g/mol. The summed E-state index contributed by atoms with van der Waals surface area (Å²) in [6.45, 7) is 2.30. The Morgan fingerprint density at radius 3 is 2.43 bits per heavy atom. The Morgan fingerprint density at radius 2 is 1.90 bits per heavy atom. The molecule has 1 aliphatic heterocycles. The van der Waals surface area contributed by atoms with E-state index >= 15 is 0 Å². The first-order valence-electron chi connectivity index (χ1n) is 7.01. The lowest BCUT2D eigenvalue weighted by atomic mass is 9.96. The highest BCUT2D eigenvalue weighted by Crippen LogP contribution is 2.28. The minimum Gasteiger partial charge on any atom is -0.478 e. The van der Waals surface area contributed by atoms with Crippen LogP contribution >= 0.6 is 0 Å². The Kier molecular flexibility index (Phi) is 4.77. The van der Waals surface area contributed by atoms with E-state index in [0.29, 0.717) is 19.0 Å². The zero-order chi connectivity index (χ0) is 15.6. The molecule has 0 atom stereocenters. The second-order valence-electron chi connectivity index (χ2n) is 5.76. The highest BCUT2D eigenvalue weighted by Gasteiger charge is 2.25. The molecule has 21 heavy (non-hydrogen) atoms. The van der Waals surface area contributed by atoms with Gasteiger partial charge in [-0.25, -0.2) is 13.6 Å². The molecule has 1 fully saturated rings. The summed E-state index contributed by atoms with van der Waals surface area (Å²) in [6.07, 6.45) is 1.83. The normalized spacial score (nSPS) is 16.5. The van der Waals surface area contributed by atoms with E-state index in [4.69, 9.17) is 5.11 Å². The number of halogens is 2. The van der Waals surface area contributed by atoms with Crippen molar-refractivity contribution in [2.45, 2.75) is 12.8 Å². The molecule has 1 aromatic carbocycles. The van der Waals surface area contributed by atoms with Crippen LogP contribution in [0.2, 0.25) is 0 Å². The highest BCUT2D eigenvalue weighted by atomic mass is 19.2. The number of hydrogen-bond donors (Lipinski definition) is 1. The second-order valence-corrected chi connectivity index (χ2v) is 5.76. The van der Waals surface area contributed by atoms with Crippen LogP contribution in [0.15, 0.2) is 12.1 Å². The van der Waals surface area contributed by atoms with Gasteiger partial charge < -0.3 is 14.9 Å². The first-order chi connectivity index (χ1) is 9.90. The van der Waals surface area contributed by atoms with Crippen molar-refractivity contribution < 1.29 is 18.7 Å². The van der Waals surface area contributed by atoms with E-state index in [9.17, 15) is 13.6 Å². The van der Waals surface area contributed by atoms with Gasteiger partial charge in [-0.3, -0.25) is 0 Å². The fraction of sp³-hybridized carbons (Fsp3) is 0.533. The summed E-state index contributed by atoms with van der Waals surface area (Å²) in [5.74, 6) is -3.25. The average Bonchev–Trinajstić information content (AvgIpc) is 2.42. The van der Waals surface area contributed by atoms with Gasteiger partial charge in [0.15, 0.2) is 11.6 Å². The molecule has 1 aromatic rings. The first kappa shape index (κ1) is 15.7. The fourth-order valence-electron chi connectivity index (χ4n) is 2.82. The lowest BCUT2D eigenvalue weighted by Crippen LogP contribution is -2.37. The van der Waals surface area contributed by atoms with Crippen LogP contribution in [-0.2, 0) is 0 Å². The minimum absolute atomic E-state index is 0.154. The summed E-state index contributed by atoms with van der Waals surface area (Å²) in [7, 11) is 4.04. The molecule has 2 rings (SSSR count). The summed E-state index contributed by atoms with van der Waals surface area (Å²) in [5, 5.41) is 8.79. The van der Waals surface area contributed by atoms with Gasteiger partial charge in [0.25, 0.3) is 0 Å². The maximum atomic E-state index is 14.0. The van der Waals surface area contributed by atoms with Gasteiger partial charge >= 0.3 is 5.97 Å². The van der Waals surface area contributed by atoms with Crippen LogP contribution in [-0.4, -0.2) is 49.7 Å². The topological polar surface area (TPSA) is 43.8 Å². The Bertz CT molecular complexity index is 527. The molecule has 1 heterocycles. The Balaban J connectivity index is 2.10. The molecular formula is C15H20F2N2O2. The number of aromatic carboxylic acids is 1. The van der Waals surface area contributed by atoms with Crippen LogP contribution in [0, 0.1) is 17.6 Å². The molecule has 0 aliphatic carbocycles. The van der Waals surface area contributed by atoms with Crippen LogP contribution in [0.1, 0.15) is 23.2 Å². The molecule has 116 valence electrons. The second kappa shape index (κ2) is 6.39. The van der Waals surface area contributed by atoms with Crippen LogP contribution in [0.3, 0.4) is 0 Å². The standard InChI is InChI=1S/C15H20F2N2O2/c1-18(2)9-10-5-7-19(8-6-10)12-4-3-11(15(20)21)13(16)14(12)17/h3-4,10H,5-9H2,1-2H3,(H,20,21). The van der Waals surface area contributed by atoms with Gasteiger partial charge in [-0.2, -0.15) is 0 Å². The van der Waals surface area contributed by atoms with Gasteiger partial charge in [0.05, 0.1) is 11.3 Å². The third-order valence-corrected chi connectivity index (χ3v) is 3.87. The number of carbonyl (C=O) groups is 1. The molecule has 0 bridgehead atoms. The quantitative estimate of drug-likeness (QED) is 0.927. The molecule has 0 saturated carbocycles. The molecule has 6 heteroatoms.